The average molecular weight is 187 g/mol. The van der Waals surface area contributed by atoms with E-state index in [1.54, 1.807) is 19.0 Å². The van der Waals surface area contributed by atoms with Crippen LogP contribution >= 0.6 is 0 Å². The van der Waals surface area contributed by atoms with Gasteiger partial charge in [0.15, 0.2) is 0 Å². The van der Waals surface area contributed by atoms with Gasteiger partial charge in [-0.2, -0.15) is 0 Å². The van der Waals surface area contributed by atoms with Gasteiger partial charge in [0.05, 0.1) is 0 Å². The highest BCUT2D eigenvalue weighted by molar-refractivity contribution is 5.76. The summed E-state index contributed by atoms with van der Waals surface area (Å²) in [5.74, 6) is 0.114. The molecule has 0 aliphatic rings. The van der Waals surface area contributed by atoms with Crippen LogP contribution in [0.25, 0.3) is 0 Å². The van der Waals surface area contributed by atoms with Gasteiger partial charge in [0, 0.05) is 39.1 Å². The topological polar surface area (TPSA) is 58.4 Å². The Bertz CT molecular complexity index is 157. The van der Waals surface area contributed by atoms with Crippen LogP contribution in [0.3, 0.4) is 0 Å². The SMILES string of the molecule is CC(C)NC(CN)CC(=O)N(C)C. The van der Waals surface area contributed by atoms with E-state index in [4.69, 9.17) is 5.73 Å². The van der Waals surface area contributed by atoms with Crippen molar-refractivity contribution in [2.45, 2.75) is 32.4 Å². The second-order valence-electron chi connectivity index (χ2n) is 3.75. The van der Waals surface area contributed by atoms with E-state index in [0.717, 1.165) is 0 Å². The zero-order valence-electron chi connectivity index (χ0n) is 9.00. The van der Waals surface area contributed by atoms with Crippen LogP contribution in [-0.4, -0.2) is 43.5 Å². The molecule has 0 aromatic heterocycles. The van der Waals surface area contributed by atoms with Gasteiger partial charge >= 0.3 is 0 Å². The normalized spacial score (nSPS) is 13.1. The van der Waals surface area contributed by atoms with E-state index in [-0.39, 0.29) is 11.9 Å². The molecule has 1 amide bonds. The molecule has 1 unspecified atom stereocenters. The van der Waals surface area contributed by atoms with Gasteiger partial charge in [-0.05, 0) is 0 Å². The first kappa shape index (κ1) is 12.4. The first-order valence-electron chi connectivity index (χ1n) is 4.63. The minimum atomic E-state index is 0.0925. The predicted octanol–water partition coefficient (Wildman–Crippen LogP) is -0.210. The Morgan fingerprint density at radius 1 is 1.46 bits per heavy atom. The third-order valence-corrected chi connectivity index (χ3v) is 1.77. The van der Waals surface area contributed by atoms with Crippen LogP contribution in [0.1, 0.15) is 20.3 Å². The summed E-state index contributed by atoms with van der Waals surface area (Å²) >= 11 is 0. The monoisotopic (exact) mass is 187 g/mol. The van der Waals surface area contributed by atoms with E-state index in [1.807, 2.05) is 13.8 Å². The molecule has 0 rings (SSSR count). The Hall–Kier alpha value is -0.610. The smallest absolute Gasteiger partial charge is 0.223 e. The average Bonchev–Trinajstić information content (AvgIpc) is 2.02. The number of nitrogens with one attached hydrogen (secondary N) is 1. The molecular formula is C9H21N3O. The fourth-order valence-electron chi connectivity index (χ4n) is 1.08. The number of carbonyl (C=O) groups is 1. The number of nitrogens with zero attached hydrogens (tertiary/aromatic N) is 1. The summed E-state index contributed by atoms with van der Waals surface area (Å²) in [5, 5.41) is 3.24. The highest BCUT2D eigenvalue weighted by atomic mass is 16.2. The first-order valence-corrected chi connectivity index (χ1v) is 4.63. The van der Waals surface area contributed by atoms with Crippen LogP contribution in [0.2, 0.25) is 0 Å². The van der Waals surface area contributed by atoms with Crippen LogP contribution < -0.4 is 11.1 Å². The van der Waals surface area contributed by atoms with Crippen molar-refractivity contribution in [2.24, 2.45) is 5.73 Å². The van der Waals surface area contributed by atoms with Gasteiger partial charge in [-0.15, -0.1) is 0 Å². The van der Waals surface area contributed by atoms with E-state index >= 15 is 0 Å². The second-order valence-corrected chi connectivity index (χ2v) is 3.75. The number of hydrogen-bond donors (Lipinski definition) is 2. The number of amides is 1. The first-order chi connectivity index (χ1) is 5.97. The third-order valence-electron chi connectivity index (χ3n) is 1.77. The van der Waals surface area contributed by atoms with Gasteiger partial charge in [-0.1, -0.05) is 13.8 Å². The fraction of sp³-hybridized carbons (Fsp3) is 0.889. The third kappa shape index (κ3) is 5.60. The summed E-state index contributed by atoms with van der Waals surface area (Å²) in [6.45, 7) is 4.59. The van der Waals surface area contributed by atoms with Gasteiger partial charge in [-0.25, -0.2) is 0 Å². The molecule has 13 heavy (non-hydrogen) atoms. The number of rotatable bonds is 5. The molecule has 4 nitrogen and oxygen atoms in total. The molecule has 0 aliphatic carbocycles. The summed E-state index contributed by atoms with van der Waals surface area (Å²) in [7, 11) is 3.51. The minimum Gasteiger partial charge on any atom is -0.349 e. The van der Waals surface area contributed by atoms with Gasteiger partial charge in [0.1, 0.15) is 0 Å². The van der Waals surface area contributed by atoms with Crippen molar-refractivity contribution in [3.8, 4) is 0 Å². The van der Waals surface area contributed by atoms with Gasteiger partial charge in [-0.3, -0.25) is 4.79 Å². The summed E-state index contributed by atoms with van der Waals surface area (Å²) in [6.07, 6.45) is 0.474. The highest BCUT2D eigenvalue weighted by Crippen LogP contribution is 1.95. The molecular weight excluding hydrogens is 166 g/mol. The van der Waals surface area contributed by atoms with Crippen molar-refractivity contribution in [1.82, 2.24) is 10.2 Å². The maximum atomic E-state index is 11.3. The van der Waals surface area contributed by atoms with Crippen molar-refractivity contribution >= 4 is 5.91 Å². The van der Waals surface area contributed by atoms with Crippen LogP contribution in [0.15, 0.2) is 0 Å². The number of nitrogens with two attached hydrogens (primary N) is 1. The summed E-state index contributed by atoms with van der Waals surface area (Å²) in [6, 6.07) is 0.457. The quantitative estimate of drug-likeness (QED) is 0.626. The summed E-state index contributed by atoms with van der Waals surface area (Å²) in [4.78, 5) is 12.9. The maximum absolute atomic E-state index is 11.3. The van der Waals surface area contributed by atoms with Crippen molar-refractivity contribution in [1.29, 1.82) is 0 Å². The molecule has 4 heteroatoms. The van der Waals surface area contributed by atoms with Crippen molar-refractivity contribution in [2.75, 3.05) is 20.6 Å². The zero-order valence-corrected chi connectivity index (χ0v) is 9.00. The van der Waals surface area contributed by atoms with Gasteiger partial charge < -0.3 is 16.0 Å². The van der Waals surface area contributed by atoms with Gasteiger partial charge in [0.2, 0.25) is 5.91 Å². The second kappa shape index (κ2) is 5.94. The molecule has 0 saturated heterocycles. The van der Waals surface area contributed by atoms with Gasteiger partial charge in [0.25, 0.3) is 0 Å². The zero-order chi connectivity index (χ0) is 10.4. The van der Waals surface area contributed by atoms with E-state index in [1.165, 1.54) is 0 Å². The molecule has 0 aromatic carbocycles. The lowest BCUT2D eigenvalue weighted by Crippen LogP contribution is -2.43. The lowest BCUT2D eigenvalue weighted by Gasteiger charge is -2.20. The molecule has 3 N–H and O–H groups in total. The molecule has 0 fully saturated rings. The van der Waals surface area contributed by atoms with E-state index in [9.17, 15) is 4.79 Å². The largest absolute Gasteiger partial charge is 0.349 e. The van der Waals surface area contributed by atoms with E-state index in [0.29, 0.717) is 19.0 Å². The van der Waals surface area contributed by atoms with Crippen molar-refractivity contribution in [3.05, 3.63) is 0 Å². The molecule has 0 bridgehead atoms. The Morgan fingerprint density at radius 2 is 2.00 bits per heavy atom. The van der Waals surface area contributed by atoms with Crippen LogP contribution in [0.4, 0.5) is 0 Å². The van der Waals surface area contributed by atoms with Crippen LogP contribution in [0, 0.1) is 0 Å². The molecule has 0 radical (unpaired) electrons. The maximum Gasteiger partial charge on any atom is 0.223 e. The molecule has 78 valence electrons. The van der Waals surface area contributed by atoms with Crippen molar-refractivity contribution in [3.63, 3.8) is 0 Å². The Morgan fingerprint density at radius 3 is 2.31 bits per heavy atom. The fourth-order valence-corrected chi connectivity index (χ4v) is 1.08. The van der Waals surface area contributed by atoms with E-state index < -0.39 is 0 Å². The Balaban J connectivity index is 3.90. The minimum absolute atomic E-state index is 0.0925. The lowest BCUT2D eigenvalue weighted by molar-refractivity contribution is -0.129. The predicted molar refractivity (Wildman–Crippen MR) is 54.4 cm³/mol. The number of carbonyl (C=O) groups excluding carboxylic acids is 1. The summed E-state index contributed by atoms with van der Waals surface area (Å²) < 4.78 is 0. The summed E-state index contributed by atoms with van der Waals surface area (Å²) in [5.41, 5.74) is 5.54. The molecule has 0 aliphatic heterocycles. The molecule has 0 heterocycles. The number of hydrogen-bond acceptors (Lipinski definition) is 3. The molecule has 0 saturated carbocycles. The Kier molecular flexibility index (Phi) is 5.66. The molecule has 1 atom stereocenters. The lowest BCUT2D eigenvalue weighted by atomic mass is 10.1. The highest BCUT2D eigenvalue weighted by Gasteiger charge is 2.13. The molecule has 0 aromatic rings. The Labute approximate surface area is 80.5 Å². The van der Waals surface area contributed by atoms with Crippen LogP contribution in [0.5, 0.6) is 0 Å². The molecule has 0 spiro atoms. The van der Waals surface area contributed by atoms with E-state index in [2.05, 4.69) is 5.32 Å². The standard InChI is InChI=1S/C9H21N3O/c1-7(2)11-8(6-10)5-9(13)12(3)4/h7-8,11H,5-6,10H2,1-4H3. The van der Waals surface area contributed by atoms with Crippen LogP contribution in [-0.2, 0) is 4.79 Å². The van der Waals surface area contributed by atoms with Crippen molar-refractivity contribution < 1.29 is 4.79 Å².